The lowest BCUT2D eigenvalue weighted by molar-refractivity contribution is -0.119. The Kier molecular flexibility index (Phi) is 5.32. The van der Waals surface area contributed by atoms with E-state index in [2.05, 4.69) is 10.4 Å². The van der Waals surface area contributed by atoms with Crippen LogP contribution in [0.25, 0.3) is 27.7 Å². The molecule has 0 saturated carbocycles. The van der Waals surface area contributed by atoms with Crippen molar-refractivity contribution in [1.29, 1.82) is 0 Å². The minimum absolute atomic E-state index is 0.217. The highest BCUT2D eigenvalue weighted by Gasteiger charge is 2.18. The van der Waals surface area contributed by atoms with Gasteiger partial charge in [-0.25, -0.2) is 14.2 Å². The molecule has 0 fully saturated rings. The Morgan fingerprint density at radius 2 is 1.76 bits per heavy atom. The van der Waals surface area contributed by atoms with Gasteiger partial charge in [-0.15, -0.1) is 0 Å². The third kappa shape index (κ3) is 3.82. The molecule has 0 saturated heterocycles. The third-order valence-corrected chi connectivity index (χ3v) is 5.34. The molecule has 1 amide bonds. The van der Waals surface area contributed by atoms with E-state index in [1.165, 1.54) is 12.4 Å². The van der Waals surface area contributed by atoms with Gasteiger partial charge in [0.05, 0.1) is 16.6 Å². The summed E-state index contributed by atoms with van der Waals surface area (Å²) >= 11 is 0. The van der Waals surface area contributed by atoms with Gasteiger partial charge in [-0.3, -0.25) is 15.0 Å². The maximum atomic E-state index is 13.0. The molecule has 3 heterocycles. The topological polar surface area (TPSA) is 90.5 Å². The van der Waals surface area contributed by atoms with E-state index < -0.39 is 11.5 Å². The van der Waals surface area contributed by atoms with Gasteiger partial charge in [0.2, 0.25) is 0 Å². The molecule has 5 rings (SSSR count). The number of nitrogens with one attached hydrogen (secondary N) is 1. The van der Waals surface area contributed by atoms with Crippen LogP contribution in [0.5, 0.6) is 5.75 Å². The van der Waals surface area contributed by atoms with Crippen molar-refractivity contribution in [3.05, 3.63) is 95.2 Å². The summed E-state index contributed by atoms with van der Waals surface area (Å²) in [5.74, 6) is 0.123. The maximum absolute atomic E-state index is 13.0. The number of carbonyl (C=O) groups excluding carboxylic acids is 1. The van der Waals surface area contributed by atoms with Crippen molar-refractivity contribution < 1.29 is 9.53 Å². The molecule has 0 atom stereocenters. The monoisotopic (exact) mass is 439 g/mol. The molecule has 0 radical (unpaired) electrons. The first kappa shape index (κ1) is 20.4. The molecule has 0 aliphatic heterocycles. The molecule has 0 aliphatic rings. The molecule has 8 nitrogen and oxygen atoms in total. The van der Waals surface area contributed by atoms with E-state index in [0.29, 0.717) is 22.3 Å². The summed E-state index contributed by atoms with van der Waals surface area (Å²) in [6, 6.07) is 20.7. The average Bonchev–Trinajstić information content (AvgIpc) is 3.25. The van der Waals surface area contributed by atoms with Crippen LogP contribution in [0.2, 0.25) is 0 Å². The molecular weight excluding hydrogens is 418 g/mol. The predicted octanol–water partition coefficient (Wildman–Crippen LogP) is 3.42. The number of benzene rings is 2. The number of carbonyl (C=O) groups is 1. The largest absolute Gasteiger partial charge is 0.484 e. The Labute approximate surface area is 189 Å². The molecule has 0 spiro atoms. The van der Waals surface area contributed by atoms with E-state index in [1.807, 2.05) is 55.5 Å². The minimum Gasteiger partial charge on any atom is -0.484 e. The summed E-state index contributed by atoms with van der Waals surface area (Å²) in [7, 11) is 0. The van der Waals surface area contributed by atoms with Gasteiger partial charge in [0.25, 0.3) is 11.5 Å². The SMILES string of the molecule is CCc1nn2c(ncc3c(=O)n(NC(=O)COc4ccccc4)ccc32)c1-c1ccccc1. The second kappa shape index (κ2) is 8.58. The van der Waals surface area contributed by atoms with Crippen LogP contribution in [-0.4, -0.2) is 31.8 Å². The number of hydrogen-bond acceptors (Lipinski definition) is 5. The summed E-state index contributed by atoms with van der Waals surface area (Å²) in [4.78, 5) is 29.9. The highest BCUT2D eigenvalue weighted by molar-refractivity contribution is 5.88. The Bertz CT molecular complexity index is 1510. The molecule has 33 heavy (non-hydrogen) atoms. The summed E-state index contributed by atoms with van der Waals surface area (Å²) in [5, 5.41) is 5.08. The Balaban J connectivity index is 1.49. The van der Waals surface area contributed by atoms with Gasteiger partial charge < -0.3 is 4.74 Å². The average molecular weight is 439 g/mol. The van der Waals surface area contributed by atoms with Crippen molar-refractivity contribution in [2.75, 3.05) is 12.0 Å². The first-order valence-electron chi connectivity index (χ1n) is 10.6. The van der Waals surface area contributed by atoms with E-state index in [0.717, 1.165) is 27.9 Å². The van der Waals surface area contributed by atoms with E-state index in [-0.39, 0.29) is 6.61 Å². The van der Waals surface area contributed by atoms with Gasteiger partial charge in [0.1, 0.15) is 5.75 Å². The van der Waals surface area contributed by atoms with Crippen molar-refractivity contribution in [3.8, 4) is 16.9 Å². The normalized spacial score (nSPS) is 11.1. The van der Waals surface area contributed by atoms with E-state index >= 15 is 0 Å². The van der Waals surface area contributed by atoms with Crippen LogP contribution >= 0.6 is 0 Å². The number of para-hydroxylation sites is 1. The van der Waals surface area contributed by atoms with Gasteiger partial charge in [0.15, 0.2) is 12.3 Å². The molecule has 164 valence electrons. The zero-order chi connectivity index (χ0) is 22.8. The maximum Gasteiger partial charge on any atom is 0.280 e. The van der Waals surface area contributed by atoms with Crippen LogP contribution < -0.4 is 15.7 Å². The quantitative estimate of drug-likeness (QED) is 0.438. The third-order valence-electron chi connectivity index (χ3n) is 5.34. The number of aromatic nitrogens is 4. The predicted molar refractivity (Wildman–Crippen MR) is 126 cm³/mol. The standard InChI is InChI=1S/C25H21N5O3/c1-2-20-23(17-9-5-3-6-10-17)24-26-15-19-21(30(24)27-20)13-14-29(25(19)32)28-22(31)16-33-18-11-7-4-8-12-18/h3-15H,2,16H2,1H3,(H,28,31). The fourth-order valence-electron chi connectivity index (χ4n) is 3.78. The smallest absolute Gasteiger partial charge is 0.280 e. The van der Waals surface area contributed by atoms with E-state index in [9.17, 15) is 9.59 Å². The number of fused-ring (bicyclic) bond motifs is 3. The number of pyridine rings is 1. The Hall–Kier alpha value is -4.46. The molecule has 0 bridgehead atoms. The summed E-state index contributed by atoms with van der Waals surface area (Å²) in [5.41, 5.74) is 6.34. The van der Waals surface area contributed by atoms with Crippen molar-refractivity contribution >= 4 is 22.5 Å². The van der Waals surface area contributed by atoms with Crippen LogP contribution in [-0.2, 0) is 11.2 Å². The zero-order valence-corrected chi connectivity index (χ0v) is 17.9. The second-order valence-corrected chi connectivity index (χ2v) is 7.46. The summed E-state index contributed by atoms with van der Waals surface area (Å²) in [6.45, 7) is 1.82. The van der Waals surface area contributed by atoms with Crippen LogP contribution in [0.15, 0.2) is 83.9 Å². The Morgan fingerprint density at radius 3 is 2.48 bits per heavy atom. The van der Waals surface area contributed by atoms with Crippen LogP contribution in [0, 0.1) is 0 Å². The highest BCUT2D eigenvalue weighted by Crippen LogP contribution is 2.29. The zero-order valence-electron chi connectivity index (χ0n) is 17.9. The van der Waals surface area contributed by atoms with Gasteiger partial charge in [-0.05, 0) is 30.2 Å². The van der Waals surface area contributed by atoms with E-state index in [1.54, 1.807) is 22.7 Å². The number of hydrogen-bond donors (Lipinski definition) is 1. The Morgan fingerprint density at radius 1 is 1.03 bits per heavy atom. The number of amides is 1. The lowest BCUT2D eigenvalue weighted by Gasteiger charge is -2.10. The fraction of sp³-hybridized carbons (Fsp3) is 0.120. The van der Waals surface area contributed by atoms with Crippen LogP contribution in [0.1, 0.15) is 12.6 Å². The van der Waals surface area contributed by atoms with Crippen molar-refractivity contribution in [2.24, 2.45) is 0 Å². The van der Waals surface area contributed by atoms with Gasteiger partial charge in [-0.2, -0.15) is 5.10 Å². The lowest BCUT2D eigenvalue weighted by Crippen LogP contribution is -2.35. The summed E-state index contributed by atoms with van der Waals surface area (Å²) in [6.07, 6.45) is 3.77. The first-order valence-corrected chi connectivity index (χ1v) is 10.6. The minimum atomic E-state index is -0.451. The van der Waals surface area contributed by atoms with E-state index in [4.69, 9.17) is 9.84 Å². The fourth-order valence-corrected chi connectivity index (χ4v) is 3.78. The number of rotatable bonds is 6. The molecular formula is C25H21N5O3. The van der Waals surface area contributed by atoms with Crippen LogP contribution in [0.3, 0.4) is 0 Å². The summed E-state index contributed by atoms with van der Waals surface area (Å²) < 4.78 is 8.27. The second-order valence-electron chi connectivity index (χ2n) is 7.46. The van der Waals surface area contributed by atoms with Crippen molar-refractivity contribution in [2.45, 2.75) is 13.3 Å². The van der Waals surface area contributed by atoms with Gasteiger partial charge in [0, 0.05) is 18.0 Å². The molecule has 5 aromatic rings. The number of nitrogens with zero attached hydrogens (tertiary/aromatic N) is 4. The van der Waals surface area contributed by atoms with Gasteiger partial charge in [-0.1, -0.05) is 55.5 Å². The lowest BCUT2D eigenvalue weighted by atomic mass is 10.0. The molecule has 0 aliphatic carbocycles. The molecule has 8 heteroatoms. The van der Waals surface area contributed by atoms with Gasteiger partial charge >= 0.3 is 0 Å². The van der Waals surface area contributed by atoms with Crippen molar-refractivity contribution in [1.82, 2.24) is 19.3 Å². The highest BCUT2D eigenvalue weighted by atomic mass is 16.5. The number of aryl methyl sites for hydroxylation is 1. The first-order chi connectivity index (χ1) is 16.2. The van der Waals surface area contributed by atoms with Crippen LogP contribution in [0.4, 0.5) is 0 Å². The van der Waals surface area contributed by atoms with Crippen molar-refractivity contribution in [3.63, 3.8) is 0 Å². The molecule has 3 aromatic heterocycles. The number of ether oxygens (including phenoxy) is 1. The molecule has 1 N–H and O–H groups in total. The molecule has 0 unspecified atom stereocenters. The molecule has 2 aromatic carbocycles.